The number of hydrogen-bond donors (Lipinski definition) is 0. The summed E-state index contributed by atoms with van der Waals surface area (Å²) >= 11 is 0. The lowest BCUT2D eigenvalue weighted by molar-refractivity contribution is -0.142. The van der Waals surface area contributed by atoms with Gasteiger partial charge in [-0.15, -0.1) is 0 Å². The number of rotatable bonds is 2. The zero-order chi connectivity index (χ0) is 15.7. The third-order valence-corrected chi connectivity index (χ3v) is 4.92. The molecule has 1 saturated heterocycles. The van der Waals surface area contributed by atoms with Gasteiger partial charge in [0.1, 0.15) is 6.54 Å². The summed E-state index contributed by atoms with van der Waals surface area (Å²) < 4.78 is 0. The third-order valence-electron chi connectivity index (χ3n) is 4.92. The van der Waals surface area contributed by atoms with E-state index < -0.39 is 0 Å². The number of anilines is 1. The molecule has 0 aromatic heterocycles. The molecule has 118 valence electrons. The number of aryl methyl sites for hydroxylation is 1. The molecule has 4 nitrogen and oxygen atoms in total. The molecule has 1 aromatic carbocycles. The zero-order valence-electron chi connectivity index (χ0n) is 13.4. The number of carbonyl (C=O) groups is 2. The predicted molar refractivity (Wildman–Crippen MR) is 86.7 cm³/mol. The van der Waals surface area contributed by atoms with E-state index in [9.17, 15) is 9.59 Å². The number of carbonyl (C=O) groups excluding carboxylic acids is 2. The van der Waals surface area contributed by atoms with E-state index >= 15 is 0 Å². The van der Waals surface area contributed by atoms with Gasteiger partial charge in [0.2, 0.25) is 11.8 Å². The van der Waals surface area contributed by atoms with Gasteiger partial charge in [0, 0.05) is 24.2 Å². The topological polar surface area (TPSA) is 40.6 Å². The number of piperazine rings is 1. The van der Waals surface area contributed by atoms with Crippen LogP contribution in [0.3, 0.4) is 0 Å². The van der Waals surface area contributed by atoms with Crippen molar-refractivity contribution in [3.05, 3.63) is 29.8 Å². The Kier molecular flexibility index (Phi) is 4.19. The molecule has 0 spiro atoms. The predicted octanol–water partition coefficient (Wildman–Crippen LogP) is 2.75. The minimum absolute atomic E-state index is 0.0216. The van der Waals surface area contributed by atoms with E-state index in [2.05, 4.69) is 0 Å². The quantitative estimate of drug-likeness (QED) is 0.842. The Bertz CT molecular complexity index is 561. The molecule has 1 saturated carbocycles. The van der Waals surface area contributed by atoms with Crippen LogP contribution in [0.1, 0.15) is 38.2 Å². The van der Waals surface area contributed by atoms with Crippen LogP contribution in [0, 0.1) is 12.8 Å². The Hall–Kier alpha value is -1.84. The van der Waals surface area contributed by atoms with E-state index in [4.69, 9.17) is 0 Å². The second kappa shape index (κ2) is 6.11. The van der Waals surface area contributed by atoms with Gasteiger partial charge in [0.05, 0.1) is 0 Å². The van der Waals surface area contributed by atoms with Crippen LogP contribution in [-0.2, 0) is 9.59 Å². The van der Waals surface area contributed by atoms with Gasteiger partial charge in [-0.2, -0.15) is 0 Å². The molecule has 2 aliphatic rings. The summed E-state index contributed by atoms with van der Waals surface area (Å²) in [5.74, 6) is 0.344. The van der Waals surface area contributed by atoms with Crippen molar-refractivity contribution in [1.29, 1.82) is 0 Å². The van der Waals surface area contributed by atoms with Crippen molar-refractivity contribution in [2.24, 2.45) is 5.92 Å². The van der Waals surface area contributed by atoms with Crippen molar-refractivity contribution in [2.75, 3.05) is 18.0 Å². The smallest absolute Gasteiger partial charge is 0.246 e. The van der Waals surface area contributed by atoms with E-state index in [1.807, 2.05) is 43.0 Å². The van der Waals surface area contributed by atoms with Crippen molar-refractivity contribution in [3.8, 4) is 0 Å². The minimum atomic E-state index is 0.0216. The fourth-order valence-corrected chi connectivity index (χ4v) is 3.53. The summed E-state index contributed by atoms with van der Waals surface area (Å²) in [6.45, 7) is 4.87. The normalized spacial score (nSPS) is 23.2. The molecule has 3 rings (SSSR count). The number of amides is 2. The molecule has 1 heterocycles. The largest absolute Gasteiger partial charge is 0.329 e. The van der Waals surface area contributed by atoms with Crippen molar-refractivity contribution in [1.82, 2.24) is 4.90 Å². The lowest BCUT2D eigenvalue weighted by Gasteiger charge is -2.40. The Morgan fingerprint density at radius 2 is 1.77 bits per heavy atom. The SMILES string of the molecule is Cc1ccc(N2C[C@H](C)N(C(=O)C3CCCC3)CC2=O)cc1. The second-order valence-electron chi connectivity index (χ2n) is 6.64. The zero-order valence-corrected chi connectivity index (χ0v) is 13.4. The van der Waals surface area contributed by atoms with Crippen molar-refractivity contribution in [3.63, 3.8) is 0 Å². The van der Waals surface area contributed by atoms with E-state index in [0.29, 0.717) is 6.54 Å². The first-order valence-electron chi connectivity index (χ1n) is 8.24. The third kappa shape index (κ3) is 2.87. The molecule has 1 aliphatic carbocycles. The fraction of sp³-hybridized carbons (Fsp3) is 0.556. The van der Waals surface area contributed by atoms with Gasteiger partial charge in [-0.1, -0.05) is 30.5 Å². The van der Waals surface area contributed by atoms with E-state index in [1.54, 1.807) is 4.90 Å². The molecule has 2 amide bonds. The maximum atomic E-state index is 12.6. The molecule has 0 N–H and O–H groups in total. The van der Waals surface area contributed by atoms with Crippen molar-refractivity contribution >= 4 is 17.5 Å². The Balaban J connectivity index is 1.72. The second-order valence-corrected chi connectivity index (χ2v) is 6.64. The number of nitrogens with zero attached hydrogens (tertiary/aromatic N) is 2. The van der Waals surface area contributed by atoms with Crippen LogP contribution in [0.5, 0.6) is 0 Å². The summed E-state index contributed by atoms with van der Waals surface area (Å²) in [7, 11) is 0. The van der Waals surface area contributed by atoms with E-state index in [0.717, 1.165) is 31.4 Å². The molecule has 0 bridgehead atoms. The van der Waals surface area contributed by atoms with Crippen LogP contribution < -0.4 is 4.90 Å². The lowest BCUT2D eigenvalue weighted by Crippen LogP contribution is -2.58. The first kappa shape index (κ1) is 15.1. The molecule has 4 heteroatoms. The van der Waals surface area contributed by atoms with Crippen molar-refractivity contribution in [2.45, 2.75) is 45.6 Å². The van der Waals surface area contributed by atoms with Crippen LogP contribution >= 0.6 is 0 Å². The summed E-state index contributed by atoms with van der Waals surface area (Å²) in [6.07, 6.45) is 4.25. The maximum absolute atomic E-state index is 12.6. The summed E-state index contributed by atoms with van der Waals surface area (Å²) in [4.78, 5) is 28.7. The summed E-state index contributed by atoms with van der Waals surface area (Å²) in [5, 5.41) is 0. The highest BCUT2D eigenvalue weighted by atomic mass is 16.2. The fourth-order valence-electron chi connectivity index (χ4n) is 3.53. The number of benzene rings is 1. The Morgan fingerprint density at radius 3 is 2.41 bits per heavy atom. The Labute approximate surface area is 132 Å². The van der Waals surface area contributed by atoms with E-state index in [1.165, 1.54) is 5.56 Å². The molecular weight excluding hydrogens is 276 g/mol. The van der Waals surface area contributed by atoms with Crippen LogP contribution in [-0.4, -0.2) is 35.8 Å². The van der Waals surface area contributed by atoms with Crippen molar-refractivity contribution < 1.29 is 9.59 Å². The molecule has 0 radical (unpaired) electrons. The van der Waals surface area contributed by atoms with Crippen LogP contribution in [0.15, 0.2) is 24.3 Å². The monoisotopic (exact) mass is 300 g/mol. The first-order chi connectivity index (χ1) is 10.6. The molecule has 1 aromatic rings. The molecule has 2 fully saturated rings. The molecular formula is C18H24N2O2. The van der Waals surface area contributed by atoms with Crippen LogP contribution in [0.2, 0.25) is 0 Å². The maximum Gasteiger partial charge on any atom is 0.246 e. The van der Waals surface area contributed by atoms with Gasteiger partial charge in [-0.25, -0.2) is 0 Å². The molecule has 1 aliphatic heterocycles. The van der Waals surface area contributed by atoms with Gasteiger partial charge in [0.25, 0.3) is 0 Å². The van der Waals surface area contributed by atoms with Gasteiger partial charge >= 0.3 is 0 Å². The van der Waals surface area contributed by atoms with Gasteiger partial charge in [0.15, 0.2) is 0 Å². The highest BCUT2D eigenvalue weighted by Crippen LogP contribution is 2.29. The summed E-state index contributed by atoms with van der Waals surface area (Å²) in [5.41, 5.74) is 2.11. The first-order valence-corrected chi connectivity index (χ1v) is 8.24. The van der Waals surface area contributed by atoms with Crippen LogP contribution in [0.4, 0.5) is 5.69 Å². The standard InChI is InChI=1S/C18H24N2O2/c1-13-7-9-16(10-8-13)20-11-14(2)19(12-17(20)21)18(22)15-5-3-4-6-15/h7-10,14-15H,3-6,11-12H2,1-2H3/t14-/m0/s1. The average molecular weight is 300 g/mol. The Morgan fingerprint density at radius 1 is 1.14 bits per heavy atom. The molecule has 22 heavy (non-hydrogen) atoms. The highest BCUT2D eigenvalue weighted by Gasteiger charge is 2.36. The number of hydrogen-bond acceptors (Lipinski definition) is 2. The molecule has 1 atom stereocenters. The summed E-state index contributed by atoms with van der Waals surface area (Å²) in [6, 6.07) is 8.07. The minimum Gasteiger partial charge on any atom is -0.329 e. The average Bonchev–Trinajstić information content (AvgIpc) is 3.04. The highest BCUT2D eigenvalue weighted by molar-refractivity contribution is 5.98. The van der Waals surface area contributed by atoms with Gasteiger partial charge < -0.3 is 9.80 Å². The lowest BCUT2D eigenvalue weighted by atomic mass is 10.0. The van der Waals surface area contributed by atoms with Gasteiger partial charge in [-0.3, -0.25) is 9.59 Å². The molecule has 0 unspecified atom stereocenters. The van der Waals surface area contributed by atoms with Crippen LogP contribution in [0.25, 0.3) is 0 Å². The van der Waals surface area contributed by atoms with Gasteiger partial charge in [-0.05, 0) is 38.8 Å². The van der Waals surface area contributed by atoms with E-state index in [-0.39, 0.29) is 30.3 Å².